The minimum atomic E-state index is -0.128. The number of carbonyl (C=O) groups excluding carboxylic acids is 2. The van der Waals surface area contributed by atoms with Crippen LogP contribution in [0, 0.1) is 5.92 Å². The predicted molar refractivity (Wildman–Crippen MR) is 110 cm³/mol. The molecule has 6 heteroatoms. The lowest BCUT2D eigenvalue weighted by atomic mass is 9.95. The van der Waals surface area contributed by atoms with Crippen molar-refractivity contribution in [2.24, 2.45) is 5.92 Å². The highest BCUT2D eigenvalue weighted by atomic mass is 35.5. The van der Waals surface area contributed by atoms with E-state index in [-0.39, 0.29) is 17.7 Å². The Balaban J connectivity index is 1.51. The van der Waals surface area contributed by atoms with Gasteiger partial charge in [0, 0.05) is 56.4 Å². The van der Waals surface area contributed by atoms with Crippen molar-refractivity contribution in [2.45, 2.75) is 25.7 Å². The van der Waals surface area contributed by atoms with Crippen molar-refractivity contribution < 1.29 is 9.59 Å². The molecule has 2 amide bonds. The molecule has 0 bridgehead atoms. The van der Waals surface area contributed by atoms with E-state index in [0.717, 1.165) is 24.1 Å². The molecule has 0 aliphatic carbocycles. The molecule has 1 aliphatic rings. The van der Waals surface area contributed by atoms with Crippen molar-refractivity contribution in [1.82, 2.24) is 14.8 Å². The molecule has 2 heterocycles. The SMILES string of the molecule is CN(CCc1ccccn1)C(=O)C1CCC(=O)N(CCc2ccc(Cl)cc2)C1. The Morgan fingerprint density at radius 1 is 1.21 bits per heavy atom. The third-order valence-corrected chi connectivity index (χ3v) is 5.49. The number of benzene rings is 1. The molecule has 28 heavy (non-hydrogen) atoms. The largest absolute Gasteiger partial charge is 0.345 e. The Morgan fingerprint density at radius 2 is 2.00 bits per heavy atom. The maximum atomic E-state index is 12.8. The van der Waals surface area contributed by atoms with E-state index in [4.69, 9.17) is 11.6 Å². The smallest absolute Gasteiger partial charge is 0.227 e. The van der Waals surface area contributed by atoms with E-state index in [1.807, 2.05) is 54.4 Å². The van der Waals surface area contributed by atoms with Gasteiger partial charge in [-0.15, -0.1) is 0 Å². The molecule has 1 saturated heterocycles. The van der Waals surface area contributed by atoms with Gasteiger partial charge >= 0.3 is 0 Å². The number of rotatable bonds is 7. The lowest BCUT2D eigenvalue weighted by Gasteiger charge is -2.34. The first-order valence-electron chi connectivity index (χ1n) is 9.70. The predicted octanol–water partition coefficient (Wildman–Crippen LogP) is 3.22. The van der Waals surface area contributed by atoms with Gasteiger partial charge in [0.2, 0.25) is 11.8 Å². The summed E-state index contributed by atoms with van der Waals surface area (Å²) >= 11 is 5.92. The molecule has 1 aromatic carbocycles. The molecule has 1 aromatic heterocycles. The van der Waals surface area contributed by atoms with Crippen molar-refractivity contribution in [3.8, 4) is 0 Å². The minimum absolute atomic E-state index is 0.111. The molecule has 1 fully saturated rings. The van der Waals surface area contributed by atoms with E-state index in [0.29, 0.717) is 37.5 Å². The zero-order chi connectivity index (χ0) is 19.9. The summed E-state index contributed by atoms with van der Waals surface area (Å²) in [6, 6.07) is 13.5. The third-order valence-electron chi connectivity index (χ3n) is 5.24. The van der Waals surface area contributed by atoms with Crippen LogP contribution in [0.25, 0.3) is 0 Å². The van der Waals surface area contributed by atoms with Gasteiger partial charge in [-0.1, -0.05) is 29.8 Å². The topological polar surface area (TPSA) is 53.5 Å². The summed E-state index contributed by atoms with van der Waals surface area (Å²) in [5.74, 6) is 0.116. The number of piperidine rings is 1. The Morgan fingerprint density at radius 3 is 2.71 bits per heavy atom. The number of hydrogen-bond donors (Lipinski definition) is 0. The van der Waals surface area contributed by atoms with Crippen LogP contribution in [0.15, 0.2) is 48.7 Å². The van der Waals surface area contributed by atoms with E-state index >= 15 is 0 Å². The fraction of sp³-hybridized carbons (Fsp3) is 0.409. The highest BCUT2D eigenvalue weighted by molar-refractivity contribution is 6.30. The van der Waals surface area contributed by atoms with Crippen LogP contribution in [0.1, 0.15) is 24.1 Å². The standard InChI is InChI=1S/C22H26ClN3O2/c1-25(14-12-20-4-2-3-13-24-20)22(28)18-7-10-21(27)26(16-18)15-11-17-5-8-19(23)9-6-17/h2-6,8-9,13,18H,7,10-12,14-16H2,1H3. The Labute approximate surface area is 171 Å². The highest BCUT2D eigenvalue weighted by Crippen LogP contribution is 2.20. The summed E-state index contributed by atoms with van der Waals surface area (Å²) in [6.45, 7) is 1.76. The van der Waals surface area contributed by atoms with Gasteiger partial charge in [-0.25, -0.2) is 0 Å². The van der Waals surface area contributed by atoms with Crippen LogP contribution in [0.5, 0.6) is 0 Å². The number of aromatic nitrogens is 1. The van der Waals surface area contributed by atoms with Gasteiger partial charge in [0.15, 0.2) is 0 Å². The molecule has 1 atom stereocenters. The van der Waals surface area contributed by atoms with Gasteiger partial charge in [0.1, 0.15) is 0 Å². The van der Waals surface area contributed by atoms with Gasteiger partial charge in [0.25, 0.3) is 0 Å². The van der Waals surface area contributed by atoms with Crippen LogP contribution in [-0.2, 0) is 22.4 Å². The first kappa shape index (κ1) is 20.3. The average Bonchev–Trinajstić information content (AvgIpc) is 2.73. The molecule has 148 valence electrons. The number of nitrogens with zero attached hydrogens (tertiary/aromatic N) is 3. The number of likely N-dealkylation sites (tertiary alicyclic amines) is 1. The first-order valence-corrected chi connectivity index (χ1v) is 10.1. The Bertz CT molecular complexity index is 795. The van der Waals surface area contributed by atoms with Gasteiger partial charge in [-0.2, -0.15) is 0 Å². The number of halogens is 1. The second kappa shape index (κ2) is 9.69. The lowest BCUT2D eigenvalue weighted by Crippen LogP contribution is -2.47. The zero-order valence-corrected chi connectivity index (χ0v) is 16.9. The van der Waals surface area contributed by atoms with Crippen molar-refractivity contribution in [3.63, 3.8) is 0 Å². The highest BCUT2D eigenvalue weighted by Gasteiger charge is 2.31. The molecule has 1 unspecified atom stereocenters. The number of hydrogen-bond acceptors (Lipinski definition) is 3. The summed E-state index contributed by atoms with van der Waals surface area (Å²) in [5, 5.41) is 0.706. The maximum absolute atomic E-state index is 12.8. The van der Waals surface area contributed by atoms with Gasteiger partial charge in [-0.05, 0) is 42.7 Å². The van der Waals surface area contributed by atoms with E-state index in [9.17, 15) is 9.59 Å². The molecular weight excluding hydrogens is 374 g/mol. The van der Waals surface area contributed by atoms with Crippen LogP contribution in [0.2, 0.25) is 5.02 Å². The normalized spacial score (nSPS) is 16.9. The van der Waals surface area contributed by atoms with Crippen LogP contribution < -0.4 is 0 Å². The Kier molecular flexibility index (Phi) is 7.04. The fourth-order valence-electron chi connectivity index (χ4n) is 3.50. The van der Waals surface area contributed by atoms with Crippen molar-refractivity contribution in [2.75, 3.05) is 26.7 Å². The lowest BCUT2D eigenvalue weighted by molar-refractivity contribution is -0.142. The van der Waals surface area contributed by atoms with E-state index in [1.165, 1.54) is 0 Å². The minimum Gasteiger partial charge on any atom is -0.345 e. The van der Waals surface area contributed by atoms with Crippen LogP contribution >= 0.6 is 11.6 Å². The molecule has 0 saturated carbocycles. The van der Waals surface area contributed by atoms with E-state index in [1.54, 1.807) is 11.1 Å². The molecule has 2 aromatic rings. The number of likely N-dealkylation sites (N-methyl/N-ethyl adjacent to an activating group) is 1. The van der Waals surface area contributed by atoms with Gasteiger partial charge in [-0.3, -0.25) is 14.6 Å². The summed E-state index contributed by atoms with van der Waals surface area (Å²) < 4.78 is 0. The third kappa shape index (κ3) is 5.55. The van der Waals surface area contributed by atoms with Gasteiger partial charge in [0.05, 0.1) is 5.92 Å². The summed E-state index contributed by atoms with van der Waals surface area (Å²) in [7, 11) is 1.83. The number of amides is 2. The van der Waals surface area contributed by atoms with Gasteiger partial charge < -0.3 is 9.80 Å². The zero-order valence-electron chi connectivity index (χ0n) is 16.2. The summed E-state index contributed by atoms with van der Waals surface area (Å²) in [6.07, 6.45) is 4.32. The van der Waals surface area contributed by atoms with Crippen LogP contribution in [0.3, 0.4) is 0 Å². The number of pyridine rings is 1. The van der Waals surface area contributed by atoms with E-state index in [2.05, 4.69) is 4.98 Å². The molecule has 0 spiro atoms. The second-order valence-corrected chi connectivity index (χ2v) is 7.72. The Hall–Kier alpha value is -2.40. The molecule has 0 N–H and O–H groups in total. The maximum Gasteiger partial charge on any atom is 0.227 e. The summed E-state index contributed by atoms with van der Waals surface area (Å²) in [5.41, 5.74) is 2.11. The summed E-state index contributed by atoms with van der Waals surface area (Å²) in [4.78, 5) is 33.0. The molecule has 5 nitrogen and oxygen atoms in total. The average molecular weight is 400 g/mol. The van der Waals surface area contributed by atoms with Crippen LogP contribution in [-0.4, -0.2) is 53.3 Å². The molecule has 0 radical (unpaired) electrons. The molecule has 3 rings (SSSR count). The van der Waals surface area contributed by atoms with E-state index < -0.39 is 0 Å². The van der Waals surface area contributed by atoms with Crippen molar-refractivity contribution in [1.29, 1.82) is 0 Å². The molecular formula is C22H26ClN3O2. The fourth-order valence-corrected chi connectivity index (χ4v) is 3.62. The van der Waals surface area contributed by atoms with Crippen LogP contribution in [0.4, 0.5) is 0 Å². The van der Waals surface area contributed by atoms with Crippen molar-refractivity contribution >= 4 is 23.4 Å². The molecule has 1 aliphatic heterocycles. The first-order chi connectivity index (χ1) is 13.5. The second-order valence-electron chi connectivity index (χ2n) is 7.28. The quantitative estimate of drug-likeness (QED) is 0.718. The monoisotopic (exact) mass is 399 g/mol. The van der Waals surface area contributed by atoms with Crippen molar-refractivity contribution in [3.05, 3.63) is 64.9 Å². The number of carbonyl (C=O) groups is 2.